The maximum absolute atomic E-state index is 13.3. The maximum atomic E-state index is 13.3. The number of hydrogen-bond acceptors (Lipinski definition) is 6. The Morgan fingerprint density at radius 2 is 2.03 bits per heavy atom. The average molecular weight is 468 g/mol. The lowest BCUT2D eigenvalue weighted by atomic mass is 10.1. The number of nitrogens with one attached hydrogen (secondary N) is 1. The number of nitrogens with zero attached hydrogens (tertiary/aromatic N) is 4. The molecule has 0 spiro atoms. The van der Waals surface area contributed by atoms with Crippen LogP contribution in [0.4, 0.5) is 0 Å². The molecule has 0 radical (unpaired) electrons. The number of fused-ring (bicyclic) bond motifs is 1. The van der Waals surface area contributed by atoms with Crippen LogP contribution in [-0.2, 0) is 27.7 Å². The highest BCUT2D eigenvalue weighted by Gasteiger charge is 2.29. The molecule has 30 heavy (non-hydrogen) atoms. The Kier molecular flexibility index (Phi) is 6.35. The molecular formula is C19H19Cl2N5O3S. The van der Waals surface area contributed by atoms with E-state index in [1.807, 2.05) is 12.1 Å². The number of H-pyrrole nitrogens is 1. The minimum Gasteiger partial charge on any atom is -0.372 e. The van der Waals surface area contributed by atoms with Crippen LogP contribution < -0.4 is 0 Å². The second kappa shape index (κ2) is 8.99. The Labute approximate surface area is 184 Å². The molecule has 4 rings (SSSR count). The molecule has 158 valence electrons. The lowest BCUT2D eigenvalue weighted by Crippen LogP contribution is -2.34. The van der Waals surface area contributed by atoms with Crippen LogP contribution in [0.25, 0.3) is 0 Å². The van der Waals surface area contributed by atoms with Gasteiger partial charge in [0.1, 0.15) is 4.90 Å². The fourth-order valence-corrected chi connectivity index (χ4v) is 5.64. The predicted molar refractivity (Wildman–Crippen MR) is 112 cm³/mol. The first-order chi connectivity index (χ1) is 14.4. The quantitative estimate of drug-likeness (QED) is 0.544. The Morgan fingerprint density at radius 1 is 1.20 bits per heavy atom. The van der Waals surface area contributed by atoms with Gasteiger partial charge < -0.3 is 4.74 Å². The van der Waals surface area contributed by atoms with Gasteiger partial charge in [0.25, 0.3) is 0 Å². The van der Waals surface area contributed by atoms with Gasteiger partial charge in [0.05, 0.1) is 24.3 Å². The molecule has 0 saturated heterocycles. The predicted octanol–water partition coefficient (Wildman–Crippen LogP) is 3.40. The third kappa shape index (κ3) is 4.50. The highest BCUT2D eigenvalue weighted by atomic mass is 35.5. The summed E-state index contributed by atoms with van der Waals surface area (Å²) in [7, 11) is -3.93. The van der Waals surface area contributed by atoms with E-state index in [0.717, 1.165) is 18.4 Å². The summed E-state index contributed by atoms with van der Waals surface area (Å²) in [4.78, 5) is -0.0350. The first-order valence-electron chi connectivity index (χ1n) is 9.32. The van der Waals surface area contributed by atoms with Gasteiger partial charge >= 0.3 is 0 Å². The fourth-order valence-electron chi connectivity index (χ4n) is 3.51. The molecule has 8 nitrogen and oxygen atoms in total. The van der Waals surface area contributed by atoms with Gasteiger partial charge in [0.2, 0.25) is 10.0 Å². The van der Waals surface area contributed by atoms with Crippen LogP contribution in [-0.4, -0.2) is 46.5 Å². The third-order valence-electron chi connectivity index (χ3n) is 4.96. The maximum Gasteiger partial charge on any atom is 0.245 e. The number of rotatable bonds is 8. The summed E-state index contributed by atoms with van der Waals surface area (Å²) in [5.41, 5.74) is 2.43. The smallest absolute Gasteiger partial charge is 0.245 e. The molecule has 1 N–H and O–H groups in total. The van der Waals surface area contributed by atoms with Crippen LogP contribution >= 0.6 is 23.2 Å². The van der Waals surface area contributed by atoms with E-state index in [4.69, 9.17) is 27.9 Å². The van der Waals surface area contributed by atoms with Crippen LogP contribution in [0.3, 0.4) is 0 Å². The van der Waals surface area contributed by atoms with Gasteiger partial charge in [-0.3, -0.25) is 0 Å². The summed E-state index contributed by atoms with van der Waals surface area (Å²) >= 11 is 12.1. The van der Waals surface area contributed by atoms with Crippen LogP contribution in [0.2, 0.25) is 10.0 Å². The number of hydrogen-bond donors (Lipinski definition) is 1. The van der Waals surface area contributed by atoms with Crippen molar-refractivity contribution in [3.63, 3.8) is 0 Å². The third-order valence-corrected chi connectivity index (χ3v) is 7.53. The Balaban J connectivity index is 1.51. The zero-order valence-corrected chi connectivity index (χ0v) is 18.2. The molecule has 1 aliphatic rings. The van der Waals surface area contributed by atoms with Crippen molar-refractivity contribution in [2.75, 3.05) is 13.2 Å². The van der Waals surface area contributed by atoms with E-state index in [1.54, 1.807) is 0 Å². The molecule has 1 aliphatic carbocycles. The van der Waals surface area contributed by atoms with E-state index in [-0.39, 0.29) is 35.7 Å². The second-order valence-corrected chi connectivity index (χ2v) is 9.61. The van der Waals surface area contributed by atoms with Gasteiger partial charge in [-0.25, -0.2) is 13.5 Å². The van der Waals surface area contributed by atoms with Crippen LogP contribution in [0.15, 0.2) is 47.4 Å². The molecule has 11 heteroatoms. The van der Waals surface area contributed by atoms with Crippen molar-refractivity contribution < 1.29 is 13.2 Å². The van der Waals surface area contributed by atoms with E-state index >= 15 is 0 Å². The van der Waals surface area contributed by atoms with Crippen LogP contribution in [0, 0.1) is 0 Å². The van der Waals surface area contributed by atoms with Crippen molar-refractivity contribution >= 4 is 33.2 Å². The number of aryl methyl sites for hydroxylation is 1. The Bertz CT molecular complexity index is 1120. The normalized spacial score (nSPS) is 16.2. The number of halogens is 2. The summed E-state index contributed by atoms with van der Waals surface area (Å²) in [6, 6.07) is 12.4. The largest absolute Gasteiger partial charge is 0.372 e. The summed E-state index contributed by atoms with van der Waals surface area (Å²) in [6.07, 6.45) is 1.78. The van der Waals surface area contributed by atoms with Crippen molar-refractivity contribution in [2.45, 2.75) is 30.4 Å². The standard InChI is InChI=1S/C19H19Cl2N5O3S/c20-14-6-8-18(16(21)11-14)30(27,28)26(12-19-22-24-25-23-19)9-10-29-17-7-5-13-3-1-2-4-15(13)17/h1-4,6,8,11,17H,5,7,9-10,12H2,(H,22,23,24,25). The molecule has 1 atom stereocenters. The van der Waals surface area contributed by atoms with Gasteiger partial charge in [-0.05, 0) is 52.6 Å². The Hall–Kier alpha value is -2.04. The van der Waals surface area contributed by atoms with Gasteiger partial charge in [-0.1, -0.05) is 47.5 Å². The van der Waals surface area contributed by atoms with Crippen molar-refractivity contribution in [3.05, 3.63) is 69.5 Å². The van der Waals surface area contributed by atoms with E-state index in [9.17, 15) is 8.42 Å². The number of benzene rings is 2. The van der Waals surface area contributed by atoms with Crippen molar-refractivity contribution in [1.82, 2.24) is 24.9 Å². The van der Waals surface area contributed by atoms with Gasteiger partial charge in [-0.15, -0.1) is 5.10 Å². The molecular weight excluding hydrogens is 449 g/mol. The molecule has 0 fully saturated rings. The molecule has 1 unspecified atom stereocenters. The van der Waals surface area contributed by atoms with Gasteiger partial charge in [0, 0.05) is 11.6 Å². The van der Waals surface area contributed by atoms with Crippen LogP contribution in [0.1, 0.15) is 29.5 Å². The molecule has 0 amide bonds. The number of sulfonamides is 1. The van der Waals surface area contributed by atoms with E-state index < -0.39 is 10.0 Å². The molecule has 0 bridgehead atoms. The summed E-state index contributed by atoms with van der Waals surface area (Å²) in [6.45, 7) is 0.282. The number of aromatic nitrogens is 4. The zero-order chi connectivity index (χ0) is 21.1. The topological polar surface area (TPSA) is 101 Å². The van der Waals surface area contributed by atoms with E-state index in [2.05, 4.69) is 32.8 Å². The highest BCUT2D eigenvalue weighted by molar-refractivity contribution is 7.89. The second-order valence-electron chi connectivity index (χ2n) is 6.86. The molecule has 0 saturated carbocycles. The summed E-state index contributed by atoms with van der Waals surface area (Å²) in [5.74, 6) is 0.315. The Morgan fingerprint density at radius 3 is 2.80 bits per heavy atom. The highest BCUT2D eigenvalue weighted by Crippen LogP contribution is 2.34. The lowest BCUT2D eigenvalue weighted by molar-refractivity contribution is 0.0471. The summed E-state index contributed by atoms with van der Waals surface area (Å²) in [5, 5.41) is 13.8. The monoisotopic (exact) mass is 467 g/mol. The fraction of sp³-hybridized carbons (Fsp3) is 0.316. The number of tetrazole rings is 1. The SMILES string of the molecule is O=S(=O)(c1ccc(Cl)cc1Cl)N(CCOC1CCc2ccccc21)Cc1nnn[nH]1. The molecule has 1 heterocycles. The minimum absolute atomic E-state index is 0.0350. The lowest BCUT2D eigenvalue weighted by Gasteiger charge is -2.23. The van der Waals surface area contributed by atoms with E-state index in [1.165, 1.54) is 28.1 Å². The van der Waals surface area contributed by atoms with E-state index in [0.29, 0.717) is 10.8 Å². The first-order valence-corrected chi connectivity index (χ1v) is 11.5. The zero-order valence-electron chi connectivity index (χ0n) is 15.8. The van der Waals surface area contributed by atoms with Crippen molar-refractivity contribution in [1.29, 1.82) is 0 Å². The van der Waals surface area contributed by atoms with Gasteiger partial charge in [-0.2, -0.15) is 4.31 Å². The molecule has 0 aliphatic heterocycles. The first kappa shape index (κ1) is 21.2. The minimum atomic E-state index is -3.93. The molecule has 2 aromatic carbocycles. The van der Waals surface area contributed by atoms with Gasteiger partial charge in [0.15, 0.2) is 5.82 Å². The summed E-state index contributed by atoms with van der Waals surface area (Å²) < 4.78 is 33.8. The molecule has 1 aromatic heterocycles. The average Bonchev–Trinajstić information content (AvgIpc) is 3.37. The molecule has 3 aromatic rings. The van der Waals surface area contributed by atoms with Crippen LogP contribution in [0.5, 0.6) is 0 Å². The van der Waals surface area contributed by atoms with Crippen molar-refractivity contribution in [2.24, 2.45) is 0 Å². The number of aromatic amines is 1. The van der Waals surface area contributed by atoms with Crippen molar-refractivity contribution in [3.8, 4) is 0 Å². The number of ether oxygens (including phenoxy) is 1.